The van der Waals surface area contributed by atoms with Crippen molar-refractivity contribution in [2.24, 2.45) is 5.41 Å². The average molecular weight is 604 g/mol. The molecule has 4 heterocycles. The van der Waals surface area contributed by atoms with Gasteiger partial charge in [0.25, 0.3) is 6.43 Å². The number of aromatic nitrogens is 5. The highest BCUT2D eigenvalue weighted by atomic mass is 19.3. The van der Waals surface area contributed by atoms with Crippen LogP contribution in [0.15, 0.2) is 54.6 Å². The van der Waals surface area contributed by atoms with Gasteiger partial charge in [0, 0.05) is 45.0 Å². The van der Waals surface area contributed by atoms with Crippen molar-refractivity contribution < 1.29 is 23.1 Å². The van der Waals surface area contributed by atoms with E-state index in [1.54, 1.807) is 41.3 Å². The van der Waals surface area contributed by atoms with Gasteiger partial charge in [-0.3, -0.25) is 14.2 Å². The quantitative estimate of drug-likeness (QED) is 0.318. The molecule has 2 aromatic carbocycles. The van der Waals surface area contributed by atoms with Gasteiger partial charge in [-0.15, -0.1) is 0 Å². The first-order chi connectivity index (χ1) is 21.4. The molecule has 0 unspecified atom stereocenters. The van der Waals surface area contributed by atoms with E-state index < -0.39 is 17.7 Å². The maximum atomic E-state index is 14.2. The van der Waals surface area contributed by atoms with Crippen molar-refractivity contribution in [3.63, 3.8) is 0 Å². The van der Waals surface area contributed by atoms with E-state index in [0.717, 1.165) is 0 Å². The van der Waals surface area contributed by atoms with Crippen LogP contribution in [0.3, 0.4) is 0 Å². The number of carbonyl (C=O) groups is 2. The Morgan fingerprint density at radius 3 is 2.05 bits per heavy atom. The van der Waals surface area contributed by atoms with Crippen molar-refractivity contribution in [3.8, 4) is 5.95 Å². The Balaban J connectivity index is 1.15. The van der Waals surface area contributed by atoms with Crippen molar-refractivity contribution in [1.29, 1.82) is 0 Å². The fourth-order valence-corrected chi connectivity index (χ4v) is 5.74. The standard InChI is InChI=1S/C30H31F2N9O3/c31-23(32)24-34-21-8-4-5-9-22(21)41(24)29-36-27(35-28(37-29)40-16-18-44-19-17-40)39-14-12-38(13-15-39)26(43)30(10-11-30)25(42)33-20-6-2-1-3-7-20/h1-9,23H,10-19H2,(H,33,42). The number of para-hydroxylation sites is 3. The van der Waals surface area contributed by atoms with Crippen LogP contribution in [0.1, 0.15) is 25.1 Å². The van der Waals surface area contributed by atoms with Crippen molar-refractivity contribution in [1.82, 2.24) is 29.4 Å². The van der Waals surface area contributed by atoms with Crippen LogP contribution in [0.25, 0.3) is 17.0 Å². The second-order valence-corrected chi connectivity index (χ2v) is 11.1. The first-order valence-electron chi connectivity index (χ1n) is 14.7. The molecule has 2 amide bonds. The number of hydrogen-bond acceptors (Lipinski definition) is 9. The highest BCUT2D eigenvalue weighted by Crippen LogP contribution is 2.48. The lowest BCUT2D eigenvalue weighted by Crippen LogP contribution is -2.53. The molecule has 0 atom stereocenters. The van der Waals surface area contributed by atoms with Gasteiger partial charge in [0.2, 0.25) is 29.7 Å². The van der Waals surface area contributed by atoms with Crippen LogP contribution in [0.5, 0.6) is 0 Å². The number of ether oxygens (including phenoxy) is 1. The molecule has 3 aliphatic rings. The molecule has 3 fully saturated rings. The molecule has 1 saturated carbocycles. The Labute approximate surface area is 251 Å². The molecule has 0 spiro atoms. The molecule has 2 aliphatic heterocycles. The number of amides is 2. The molecule has 2 saturated heterocycles. The number of fused-ring (bicyclic) bond motifs is 1. The van der Waals surface area contributed by atoms with Gasteiger partial charge in [-0.1, -0.05) is 30.3 Å². The Morgan fingerprint density at radius 1 is 0.773 bits per heavy atom. The van der Waals surface area contributed by atoms with Crippen molar-refractivity contribution >= 4 is 40.4 Å². The van der Waals surface area contributed by atoms with E-state index in [1.165, 1.54) is 4.57 Å². The molecule has 2 aromatic heterocycles. The van der Waals surface area contributed by atoms with Crippen LogP contribution in [0.2, 0.25) is 0 Å². The molecule has 44 heavy (non-hydrogen) atoms. The molecule has 14 heteroatoms. The van der Waals surface area contributed by atoms with E-state index in [0.29, 0.717) is 93.9 Å². The zero-order valence-corrected chi connectivity index (χ0v) is 23.9. The fourth-order valence-electron chi connectivity index (χ4n) is 5.74. The summed E-state index contributed by atoms with van der Waals surface area (Å²) in [4.78, 5) is 50.4. The molecule has 12 nitrogen and oxygen atoms in total. The number of halogens is 2. The van der Waals surface area contributed by atoms with Crippen LogP contribution in [-0.4, -0.2) is 93.7 Å². The summed E-state index contributed by atoms with van der Waals surface area (Å²) in [5.41, 5.74) is 0.487. The van der Waals surface area contributed by atoms with Gasteiger partial charge in [-0.2, -0.15) is 15.0 Å². The topological polar surface area (TPSA) is 122 Å². The van der Waals surface area contributed by atoms with Crippen LogP contribution in [0, 0.1) is 5.41 Å². The van der Waals surface area contributed by atoms with Gasteiger partial charge in [0.05, 0.1) is 24.2 Å². The summed E-state index contributed by atoms with van der Waals surface area (Å²) in [6.07, 6.45) is -1.83. The third-order valence-electron chi connectivity index (χ3n) is 8.35. The van der Waals surface area contributed by atoms with Gasteiger partial charge in [0.1, 0.15) is 5.41 Å². The maximum absolute atomic E-state index is 14.2. The van der Waals surface area contributed by atoms with Crippen molar-refractivity contribution in [3.05, 3.63) is 60.4 Å². The number of benzene rings is 2. The third-order valence-corrected chi connectivity index (χ3v) is 8.35. The predicted molar refractivity (Wildman–Crippen MR) is 158 cm³/mol. The monoisotopic (exact) mass is 603 g/mol. The largest absolute Gasteiger partial charge is 0.378 e. The third kappa shape index (κ3) is 5.19. The summed E-state index contributed by atoms with van der Waals surface area (Å²) < 4.78 is 35.2. The highest BCUT2D eigenvalue weighted by Gasteiger charge is 2.58. The van der Waals surface area contributed by atoms with Crippen LogP contribution < -0.4 is 15.1 Å². The molecule has 0 bridgehead atoms. The van der Waals surface area contributed by atoms with Gasteiger partial charge in [-0.25, -0.2) is 13.8 Å². The van der Waals surface area contributed by atoms with E-state index in [2.05, 4.69) is 20.3 Å². The molecule has 4 aromatic rings. The van der Waals surface area contributed by atoms with Crippen LogP contribution >= 0.6 is 0 Å². The van der Waals surface area contributed by atoms with E-state index in [1.807, 2.05) is 28.0 Å². The van der Waals surface area contributed by atoms with Gasteiger partial charge in [0.15, 0.2) is 5.82 Å². The second-order valence-electron chi connectivity index (χ2n) is 11.1. The minimum atomic E-state index is -2.85. The Kier molecular flexibility index (Phi) is 7.28. The molecule has 0 radical (unpaired) electrons. The number of piperazine rings is 1. The Hall–Kier alpha value is -4.72. The SMILES string of the molecule is O=C(Nc1ccccc1)C1(C(=O)N2CCN(c3nc(N4CCOCC4)nc(-n4c(C(F)F)nc5ccccc54)n3)CC2)CC1. The lowest BCUT2D eigenvalue weighted by Gasteiger charge is -2.36. The van der Waals surface area contributed by atoms with E-state index in [4.69, 9.17) is 9.72 Å². The minimum Gasteiger partial charge on any atom is -0.378 e. The summed E-state index contributed by atoms with van der Waals surface area (Å²) >= 11 is 0. The van der Waals surface area contributed by atoms with E-state index in [9.17, 15) is 18.4 Å². The lowest BCUT2D eigenvalue weighted by molar-refractivity contribution is -0.142. The highest BCUT2D eigenvalue weighted by molar-refractivity contribution is 6.13. The number of nitrogens with one attached hydrogen (secondary N) is 1. The van der Waals surface area contributed by atoms with Crippen molar-refractivity contribution in [2.75, 3.05) is 67.6 Å². The molecule has 7 rings (SSSR count). The summed E-state index contributed by atoms with van der Waals surface area (Å²) in [7, 11) is 0. The zero-order valence-electron chi connectivity index (χ0n) is 23.9. The van der Waals surface area contributed by atoms with Gasteiger partial charge >= 0.3 is 0 Å². The smallest absolute Gasteiger partial charge is 0.296 e. The molecule has 1 N–H and O–H groups in total. The van der Waals surface area contributed by atoms with Crippen LogP contribution in [0.4, 0.5) is 26.4 Å². The van der Waals surface area contributed by atoms with Crippen LogP contribution in [-0.2, 0) is 14.3 Å². The number of hydrogen-bond donors (Lipinski definition) is 1. The fraction of sp³-hybridized carbons (Fsp3) is 0.400. The number of anilines is 3. The number of rotatable bonds is 7. The number of nitrogens with zero attached hydrogens (tertiary/aromatic N) is 8. The number of carbonyl (C=O) groups excluding carboxylic acids is 2. The van der Waals surface area contributed by atoms with E-state index in [-0.39, 0.29) is 17.8 Å². The number of morpholine rings is 1. The molecule has 1 aliphatic carbocycles. The van der Waals surface area contributed by atoms with Crippen molar-refractivity contribution in [2.45, 2.75) is 19.3 Å². The normalized spacial score (nSPS) is 18.1. The van der Waals surface area contributed by atoms with E-state index >= 15 is 0 Å². The summed E-state index contributed by atoms with van der Waals surface area (Å²) in [6.45, 7) is 3.61. The molecular weight excluding hydrogens is 572 g/mol. The first kappa shape index (κ1) is 28.1. The van der Waals surface area contributed by atoms with Gasteiger partial charge < -0.3 is 24.8 Å². The summed E-state index contributed by atoms with van der Waals surface area (Å²) in [6, 6.07) is 16.0. The number of imidazole rings is 1. The number of alkyl halides is 2. The summed E-state index contributed by atoms with van der Waals surface area (Å²) in [5, 5.41) is 2.88. The Morgan fingerprint density at radius 2 is 1.39 bits per heavy atom. The zero-order chi connectivity index (χ0) is 30.3. The molecule has 228 valence electrons. The molecular formula is C30H31F2N9O3. The summed E-state index contributed by atoms with van der Waals surface area (Å²) in [5.74, 6) is -0.175. The average Bonchev–Trinajstić information content (AvgIpc) is 3.79. The maximum Gasteiger partial charge on any atom is 0.296 e. The Bertz CT molecular complexity index is 1680. The predicted octanol–water partition coefficient (Wildman–Crippen LogP) is 3.05. The lowest BCUT2D eigenvalue weighted by atomic mass is 10.0. The first-order valence-corrected chi connectivity index (χ1v) is 14.7. The minimum absolute atomic E-state index is 0.0496. The van der Waals surface area contributed by atoms with Gasteiger partial charge in [-0.05, 0) is 37.1 Å². The second kappa shape index (κ2) is 11.4.